The summed E-state index contributed by atoms with van der Waals surface area (Å²) in [6.45, 7) is 8.37. The van der Waals surface area contributed by atoms with E-state index in [-0.39, 0.29) is 11.6 Å². The third kappa shape index (κ3) is 6.31. The molecular weight excluding hydrogens is 447 g/mol. The van der Waals surface area contributed by atoms with Gasteiger partial charge in [0.1, 0.15) is 6.33 Å². The van der Waals surface area contributed by atoms with Gasteiger partial charge in [0.15, 0.2) is 23.1 Å². The van der Waals surface area contributed by atoms with E-state index in [1.165, 1.54) is 32.3 Å². The zero-order valence-electron chi connectivity index (χ0n) is 20.6. The number of methoxy groups -OCH3 is 1. The van der Waals surface area contributed by atoms with E-state index in [1.807, 2.05) is 13.0 Å². The van der Waals surface area contributed by atoms with Crippen LogP contribution < -0.4 is 19.5 Å². The Morgan fingerprint density at radius 2 is 1.86 bits per heavy atom. The van der Waals surface area contributed by atoms with Gasteiger partial charge in [0, 0.05) is 30.4 Å². The molecule has 8 heteroatoms. The summed E-state index contributed by atoms with van der Waals surface area (Å²) in [5.41, 5.74) is 1.87. The SMILES string of the molecule is C#C.CCNc1ccc(Oc2ncnc3cc(OCCCN4CCCC4)c(OC)cc23)c(F)c1C. The minimum Gasteiger partial charge on any atom is -0.493 e. The molecule has 4 rings (SSSR count). The van der Waals surface area contributed by atoms with Crippen LogP contribution in [0.3, 0.4) is 0 Å². The standard InChI is InChI=1S/C25H31FN4O3.C2H2/c1-4-27-19-8-9-21(24(26)17(19)2)33-25-18-14-22(31-3)23(15-20(18)28-16-29-25)32-13-7-12-30-10-5-6-11-30;1-2/h8-9,14-16,27H,4-7,10-13H2,1-3H3;1-2H. The normalized spacial score (nSPS) is 13.2. The summed E-state index contributed by atoms with van der Waals surface area (Å²) >= 11 is 0. The quantitative estimate of drug-likeness (QED) is 0.307. The number of fused-ring (bicyclic) bond motifs is 1. The molecule has 0 aliphatic carbocycles. The van der Waals surface area contributed by atoms with Gasteiger partial charge in [0.25, 0.3) is 0 Å². The van der Waals surface area contributed by atoms with Crippen molar-refractivity contribution in [1.82, 2.24) is 14.9 Å². The van der Waals surface area contributed by atoms with Crippen LogP contribution in [-0.2, 0) is 0 Å². The molecule has 1 N–H and O–H groups in total. The highest BCUT2D eigenvalue weighted by molar-refractivity contribution is 5.87. The highest BCUT2D eigenvalue weighted by Crippen LogP contribution is 2.37. The monoisotopic (exact) mass is 480 g/mol. The number of hydrogen-bond donors (Lipinski definition) is 1. The minimum atomic E-state index is -0.426. The third-order valence-electron chi connectivity index (χ3n) is 5.88. The number of anilines is 1. The summed E-state index contributed by atoms with van der Waals surface area (Å²) in [7, 11) is 1.59. The predicted molar refractivity (Wildman–Crippen MR) is 137 cm³/mol. The maximum Gasteiger partial charge on any atom is 0.230 e. The molecule has 1 saturated heterocycles. The van der Waals surface area contributed by atoms with E-state index in [9.17, 15) is 4.39 Å². The molecule has 0 radical (unpaired) electrons. The van der Waals surface area contributed by atoms with Crippen molar-refractivity contribution in [3.05, 3.63) is 42.0 Å². The molecule has 0 bridgehead atoms. The van der Waals surface area contributed by atoms with Crippen molar-refractivity contribution in [2.24, 2.45) is 0 Å². The zero-order valence-corrected chi connectivity index (χ0v) is 20.6. The Bertz CT molecular complexity index is 1150. The number of likely N-dealkylation sites (tertiary alicyclic amines) is 1. The highest BCUT2D eigenvalue weighted by atomic mass is 19.1. The molecule has 0 amide bonds. The van der Waals surface area contributed by atoms with Gasteiger partial charge in [-0.1, -0.05) is 0 Å². The number of halogens is 1. The molecule has 1 aliphatic heterocycles. The summed E-state index contributed by atoms with van der Waals surface area (Å²) in [4.78, 5) is 11.1. The van der Waals surface area contributed by atoms with Crippen molar-refractivity contribution in [1.29, 1.82) is 0 Å². The van der Waals surface area contributed by atoms with Gasteiger partial charge in [-0.3, -0.25) is 0 Å². The lowest BCUT2D eigenvalue weighted by atomic mass is 10.1. The second-order valence-corrected chi connectivity index (χ2v) is 8.13. The summed E-state index contributed by atoms with van der Waals surface area (Å²) in [6, 6.07) is 6.99. The van der Waals surface area contributed by atoms with Gasteiger partial charge in [0.2, 0.25) is 5.88 Å². The van der Waals surface area contributed by atoms with Gasteiger partial charge >= 0.3 is 0 Å². The van der Waals surface area contributed by atoms with E-state index < -0.39 is 5.82 Å². The fraction of sp³-hybridized carbons (Fsp3) is 0.407. The number of aromatic nitrogens is 2. The minimum absolute atomic E-state index is 0.107. The smallest absolute Gasteiger partial charge is 0.230 e. The van der Waals surface area contributed by atoms with Crippen LogP contribution in [-0.4, -0.2) is 54.8 Å². The van der Waals surface area contributed by atoms with Crippen molar-refractivity contribution in [3.8, 4) is 36.0 Å². The van der Waals surface area contributed by atoms with Gasteiger partial charge in [-0.15, -0.1) is 12.8 Å². The van der Waals surface area contributed by atoms with Crippen LogP contribution in [0.4, 0.5) is 10.1 Å². The molecule has 0 atom stereocenters. The largest absolute Gasteiger partial charge is 0.493 e. The van der Waals surface area contributed by atoms with Crippen LogP contribution in [0, 0.1) is 25.6 Å². The summed E-state index contributed by atoms with van der Waals surface area (Å²) in [5, 5.41) is 3.76. The van der Waals surface area contributed by atoms with E-state index in [0.29, 0.717) is 41.1 Å². The molecule has 0 saturated carbocycles. The van der Waals surface area contributed by atoms with Gasteiger partial charge in [0.05, 0.1) is 24.6 Å². The lowest BCUT2D eigenvalue weighted by Gasteiger charge is -2.16. The van der Waals surface area contributed by atoms with Crippen LogP contribution in [0.1, 0.15) is 31.7 Å². The van der Waals surface area contributed by atoms with E-state index in [1.54, 1.807) is 32.2 Å². The number of rotatable bonds is 10. The zero-order chi connectivity index (χ0) is 25.2. The number of hydrogen-bond acceptors (Lipinski definition) is 7. The lowest BCUT2D eigenvalue weighted by molar-refractivity contribution is 0.254. The Balaban J connectivity index is 0.00000167. The Morgan fingerprint density at radius 3 is 2.57 bits per heavy atom. The van der Waals surface area contributed by atoms with Gasteiger partial charge in [-0.05, 0) is 64.4 Å². The average molecular weight is 481 g/mol. The van der Waals surface area contributed by atoms with Crippen molar-refractivity contribution >= 4 is 16.6 Å². The molecule has 1 aromatic heterocycles. The fourth-order valence-corrected chi connectivity index (χ4v) is 4.10. The molecule has 3 aromatic rings. The van der Waals surface area contributed by atoms with Gasteiger partial charge in [-0.2, -0.15) is 0 Å². The first kappa shape index (κ1) is 26.0. The molecule has 0 spiro atoms. The van der Waals surface area contributed by atoms with Gasteiger partial charge < -0.3 is 24.4 Å². The van der Waals surface area contributed by atoms with Crippen LogP contribution in [0.2, 0.25) is 0 Å². The Morgan fingerprint density at radius 1 is 1.09 bits per heavy atom. The molecular formula is C27H33FN4O3. The van der Waals surface area contributed by atoms with Crippen LogP contribution in [0.5, 0.6) is 23.1 Å². The van der Waals surface area contributed by atoms with Crippen molar-refractivity contribution in [2.75, 3.05) is 45.2 Å². The second-order valence-electron chi connectivity index (χ2n) is 8.13. The van der Waals surface area contributed by atoms with Crippen molar-refractivity contribution in [3.63, 3.8) is 0 Å². The van der Waals surface area contributed by atoms with Crippen LogP contribution >= 0.6 is 0 Å². The maximum atomic E-state index is 14.9. The number of ether oxygens (including phenoxy) is 3. The summed E-state index contributed by atoms with van der Waals surface area (Å²) in [5.74, 6) is 1.12. The van der Waals surface area contributed by atoms with Crippen LogP contribution in [0.15, 0.2) is 30.6 Å². The molecule has 186 valence electrons. The molecule has 2 heterocycles. The van der Waals surface area contributed by atoms with Gasteiger partial charge in [-0.25, -0.2) is 14.4 Å². The van der Waals surface area contributed by atoms with E-state index in [0.717, 1.165) is 18.7 Å². The molecule has 1 aliphatic rings. The van der Waals surface area contributed by atoms with E-state index in [4.69, 9.17) is 14.2 Å². The Labute approximate surface area is 206 Å². The summed E-state index contributed by atoms with van der Waals surface area (Å²) < 4.78 is 32.3. The maximum absolute atomic E-state index is 14.9. The molecule has 7 nitrogen and oxygen atoms in total. The topological polar surface area (TPSA) is 68.7 Å². The number of benzene rings is 2. The average Bonchev–Trinajstić information content (AvgIpc) is 3.41. The molecule has 1 fully saturated rings. The summed E-state index contributed by atoms with van der Waals surface area (Å²) in [6.07, 6.45) is 12.9. The fourth-order valence-electron chi connectivity index (χ4n) is 4.10. The second kappa shape index (κ2) is 12.8. The first-order valence-electron chi connectivity index (χ1n) is 11.8. The Hall–Kier alpha value is -3.57. The van der Waals surface area contributed by atoms with E-state index >= 15 is 0 Å². The van der Waals surface area contributed by atoms with Crippen LogP contribution in [0.25, 0.3) is 10.9 Å². The predicted octanol–water partition coefficient (Wildman–Crippen LogP) is 5.42. The molecule has 2 aromatic carbocycles. The van der Waals surface area contributed by atoms with E-state index in [2.05, 4.69) is 33.0 Å². The number of nitrogens with zero attached hydrogens (tertiary/aromatic N) is 3. The lowest BCUT2D eigenvalue weighted by Crippen LogP contribution is -2.21. The number of nitrogens with one attached hydrogen (secondary N) is 1. The molecule has 0 unspecified atom stereocenters. The van der Waals surface area contributed by atoms with Crippen molar-refractivity contribution < 1.29 is 18.6 Å². The first-order valence-corrected chi connectivity index (χ1v) is 11.8. The number of terminal acetylenes is 1. The van der Waals surface area contributed by atoms with Crippen molar-refractivity contribution in [2.45, 2.75) is 33.1 Å². The third-order valence-corrected chi connectivity index (χ3v) is 5.88. The Kier molecular flexibility index (Phi) is 9.50. The molecule has 35 heavy (non-hydrogen) atoms. The highest BCUT2D eigenvalue weighted by Gasteiger charge is 2.17. The first-order chi connectivity index (χ1) is 17.1.